The Kier molecular flexibility index (Phi) is 2.44. The van der Waals surface area contributed by atoms with Crippen molar-refractivity contribution in [1.29, 1.82) is 0 Å². The highest BCUT2D eigenvalue weighted by molar-refractivity contribution is 7.71. The number of aromatic nitrogens is 3. The zero-order valence-electron chi connectivity index (χ0n) is 9.03. The van der Waals surface area contributed by atoms with Crippen LogP contribution in [0.3, 0.4) is 0 Å². The van der Waals surface area contributed by atoms with E-state index in [1.54, 1.807) is 0 Å². The van der Waals surface area contributed by atoms with Gasteiger partial charge in [-0.2, -0.15) is 5.10 Å². The number of hydrogen-bond donors (Lipinski definition) is 1. The molecule has 0 fully saturated rings. The molecule has 1 N–H and O–H groups in total. The number of aromatic amines is 1. The number of hydrogen-bond acceptors (Lipinski definition) is 2. The van der Waals surface area contributed by atoms with E-state index in [4.69, 9.17) is 12.2 Å². The molecule has 0 saturated heterocycles. The van der Waals surface area contributed by atoms with Gasteiger partial charge in [-0.15, -0.1) is 0 Å². The summed E-state index contributed by atoms with van der Waals surface area (Å²) in [4.78, 5) is 0. The Morgan fingerprint density at radius 1 is 1.27 bits per heavy atom. The molecule has 1 heterocycles. The third-order valence-electron chi connectivity index (χ3n) is 2.43. The molecule has 0 aliphatic rings. The van der Waals surface area contributed by atoms with Gasteiger partial charge in [-0.1, -0.05) is 17.7 Å². The van der Waals surface area contributed by atoms with Crippen molar-refractivity contribution in [2.45, 2.75) is 20.8 Å². The van der Waals surface area contributed by atoms with E-state index < -0.39 is 0 Å². The topological polar surface area (TPSA) is 33.6 Å². The van der Waals surface area contributed by atoms with E-state index in [0.29, 0.717) is 4.77 Å². The van der Waals surface area contributed by atoms with Crippen LogP contribution < -0.4 is 0 Å². The highest BCUT2D eigenvalue weighted by Gasteiger charge is 2.06. The fraction of sp³-hybridized carbons (Fsp3) is 0.273. The Morgan fingerprint density at radius 2 is 2.00 bits per heavy atom. The zero-order chi connectivity index (χ0) is 11.0. The van der Waals surface area contributed by atoms with Crippen LogP contribution in [0.25, 0.3) is 5.69 Å². The maximum Gasteiger partial charge on any atom is 0.199 e. The number of H-pyrrole nitrogens is 1. The molecule has 0 spiro atoms. The number of rotatable bonds is 1. The molecule has 2 rings (SSSR count). The highest BCUT2D eigenvalue weighted by Crippen LogP contribution is 2.16. The van der Waals surface area contributed by atoms with E-state index in [0.717, 1.165) is 11.5 Å². The predicted octanol–water partition coefficient (Wildman–Crippen LogP) is 2.86. The van der Waals surface area contributed by atoms with Gasteiger partial charge in [0.1, 0.15) is 5.82 Å². The lowest BCUT2D eigenvalue weighted by Crippen LogP contribution is -1.99. The molecule has 0 radical (unpaired) electrons. The molecular formula is C11H13N3S. The van der Waals surface area contributed by atoms with Gasteiger partial charge in [-0.25, -0.2) is 0 Å². The minimum atomic E-state index is 0.638. The maximum atomic E-state index is 5.19. The third-order valence-corrected chi connectivity index (χ3v) is 2.71. The van der Waals surface area contributed by atoms with Gasteiger partial charge in [-0.05, 0) is 44.6 Å². The number of benzene rings is 1. The van der Waals surface area contributed by atoms with Crippen molar-refractivity contribution in [2.75, 3.05) is 0 Å². The molecule has 0 bridgehead atoms. The smallest absolute Gasteiger partial charge is 0.199 e. The van der Waals surface area contributed by atoms with Gasteiger partial charge in [0.25, 0.3) is 0 Å². The third kappa shape index (κ3) is 1.72. The first-order chi connectivity index (χ1) is 7.09. The van der Waals surface area contributed by atoms with Crippen molar-refractivity contribution in [2.24, 2.45) is 0 Å². The summed E-state index contributed by atoms with van der Waals surface area (Å²) in [5.74, 6) is 0.881. The zero-order valence-corrected chi connectivity index (χ0v) is 9.85. The van der Waals surface area contributed by atoms with Gasteiger partial charge < -0.3 is 0 Å². The second-order valence-corrected chi connectivity index (χ2v) is 4.09. The van der Waals surface area contributed by atoms with Crippen LogP contribution in [0.4, 0.5) is 0 Å². The minimum Gasteiger partial charge on any atom is -0.272 e. The molecule has 0 amide bonds. The molecule has 0 aliphatic heterocycles. The van der Waals surface area contributed by atoms with E-state index in [-0.39, 0.29) is 0 Å². The molecule has 78 valence electrons. The molecule has 3 nitrogen and oxygen atoms in total. The van der Waals surface area contributed by atoms with Crippen molar-refractivity contribution < 1.29 is 0 Å². The molecule has 0 atom stereocenters. The van der Waals surface area contributed by atoms with Crippen LogP contribution in [0.1, 0.15) is 17.0 Å². The summed E-state index contributed by atoms with van der Waals surface area (Å²) in [6.45, 7) is 6.10. The van der Waals surface area contributed by atoms with Crippen LogP contribution in [0.2, 0.25) is 0 Å². The molecule has 1 aromatic carbocycles. The largest absolute Gasteiger partial charge is 0.272 e. The van der Waals surface area contributed by atoms with Crippen LogP contribution in [0.5, 0.6) is 0 Å². The summed E-state index contributed by atoms with van der Waals surface area (Å²) in [5, 5.41) is 6.89. The summed E-state index contributed by atoms with van der Waals surface area (Å²) in [6, 6.07) is 6.29. The van der Waals surface area contributed by atoms with Crippen LogP contribution in [-0.4, -0.2) is 14.8 Å². The molecule has 2 aromatic rings. The normalized spacial score (nSPS) is 10.6. The van der Waals surface area contributed by atoms with Crippen molar-refractivity contribution in [1.82, 2.24) is 14.8 Å². The van der Waals surface area contributed by atoms with Crippen molar-refractivity contribution in [3.05, 3.63) is 39.9 Å². The molecule has 15 heavy (non-hydrogen) atoms. The molecule has 0 unspecified atom stereocenters. The van der Waals surface area contributed by atoms with E-state index in [2.05, 4.69) is 42.2 Å². The second kappa shape index (κ2) is 3.62. The summed E-state index contributed by atoms with van der Waals surface area (Å²) in [5.41, 5.74) is 3.55. The summed E-state index contributed by atoms with van der Waals surface area (Å²) < 4.78 is 2.59. The predicted molar refractivity (Wildman–Crippen MR) is 63.0 cm³/mol. The average molecular weight is 219 g/mol. The summed E-state index contributed by atoms with van der Waals surface area (Å²) >= 11 is 5.19. The fourth-order valence-corrected chi connectivity index (χ4v) is 1.99. The Hall–Kier alpha value is -1.42. The van der Waals surface area contributed by atoms with Crippen molar-refractivity contribution in [3.63, 3.8) is 0 Å². The standard InChI is InChI=1S/C11H13N3S/c1-7-4-5-10(8(2)6-7)14-9(3)12-13-11(14)15/h4-6H,1-3H3,(H,13,15). The van der Waals surface area contributed by atoms with Crippen LogP contribution in [-0.2, 0) is 0 Å². The molecule has 1 aromatic heterocycles. The SMILES string of the molecule is Cc1ccc(-n2c(C)n[nH]c2=S)c(C)c1. The molecular weight excluding hydrogens is 206 g/mol. The lowest BCUT2D eigenvalue weighted by atomic mass is 10.1. The lowest BCUT2D eigenvalue weighted by molar-refractivity contribution is 0.953. The highest BCUT2D eigenvalue weighted by atomic mass is 32.1. The first-order valence-electron chi connectivity index (χ1n) is 4.81. The quantitative estimate of drug-likeness (QED) is 0.748. The fourth-order valence-electron chi connectivity index (χ4n) is 1.72. The number of nitrogens with zero attached hydrogens (tertiary/aromatic N) is 2. The number of nitrogens with one attached hydrogen (secondary N) is 1. The van der Waals surface area contributed by atoms with Gasteiger partial charge in [0.05, 0.1) is 5.69 Å². The van der Waals surface area contributed by atoms with Gasteiger partial charge >= 0.3 is 0 Å². The Labute approximate surface area is 93.8 Å². The maximum absolute atomic E-state index is 5.19. The molecule has 0 saturated carbocycles. The van der Waals surface area contributed by atoms with E-state index >= 15 is 0 Å². The van der Waals surface area contributed by atoms with Crippen molar-refractivity contribution in [3.8, 4) is 5.69 Å². The average Bonchev–Trinajstić information content (AvgIpc) is 2.48. The van der Waals surface area contributed by atoms with Crippen molar-refractivity contribution >= 4 is 12.2 Å². The summed E-state index contributed by atoms with van der Waals surface area (Å²) in [6.07, 6.45) is 0. The van der Waals surface area contributed by atoms with Gasteiger partial charge in [-0.3, -0.25) is 9.67 Å². The van der Waals surface area contributed by atoms with Crippen LogP contribution >= 0.6 is 12.2 Å². The minimum absolute atomic E-state index is 0.638. The van der Waals surface area contributed by atoms with E-state index in [9.17, 15) is 0 Å². The van der Waals surface area contributed by atoms with Gasteiger partial charge in [0, 0.05) is 0 Å². The van der Waals surface area contributed by atoms with Crippen LogP contribution in [0, 0.1) is 25.5 Å². The molecule has 0 aliphatic carbocycles. The second-order valence-electron chi connectivity index (χ2n) is 3.70. The van der Waals surface area contributed by atoms with E-state index in [1.165, 1.54) is 11.1 Å². The monoisotopic (exact) mass is 219 g/mol. The first-order valence-corrected chi connectivity index (χ1v) is 5.22. The number of aryl methyl sites for hydroxylation is 3. The van der Waals surface area contributed by atoms with E-state index in [1.807, 2.05) is 11.5 Å². The van der Waals surface area contributed by atoms with Crippen LogP contribution in [0.15, 0.2) is 18.2 Å². The summed E-state index contributed by atoms with van der Waals surface area (Å²) in [7, 11) is 0. The molecule has 4 heteroatoms. The Bertz CT molecular complexity index is 551. The first kappa shape index (κ1) is 10.1. The Balaban J connectivity index is 2.69. The Morgan fingerprint density at radius 3 is 2.53 bits per heavy atom. The lowest BCUT2D eigenvalue weighted by Gasteiger charge is -2.08. The van der Waals surface area contributed by atoms with Gasteiger partial charge in [0.2, 0.25) is 0 Å². The van der Waals surface area contributed by atoms with Gasteiger partial charge in [0.15, 0.2) is 4.77 Å².